The van der Waals surface area contributed by atoms with Crippen molar-refractivity contribution in [3.63, 3.8) is 0 Å². The van der Waals surface area contributed by atoms with Crippen LogP contribution in [0.25, 0.3) is 0 Å². The molecule has 1 aromatic carbocycles. The monoisotopic (exact) mass is 398 g/mol. The molecule has 0 spiro atoms. The van der Waals surface area contributed by atoms with Gasteiger partial charge in [0.25, 0.3) is 0 Å². The number of guanidine groups is 1. The summed E-state index contributed by atoms with van der Waals surface area (Å²) in [6.45, 7) is 9.50. The number of halogens is 1. The summed E-state index contributed by atoms with van der Waals surface area (Å²) in [6, 6.07) is 8.05. The van der Waals surface area contributed by atoms with Crippen molar-refractivity contribution in [2.45, 2.75) is 18.6 Å². The molecule has 0 radical (unpaired) electrons. The Hall–Kier alpha value is -0.950. The van der Waals surface area contributed by atoms with E-state index in [1.165, 1.54) is 5.56 Å². The molecule has 1 aromatic rings. The Labute approximate surface area is 166 Å². The van der Waals surface area contributed by atoms with E-state index in [2.05, 4.69) is 34.8 Å². The van der Waals surface area contributed by atoms with Gasteiger partial charge in [0.2, 0.25) is 0 Å². The minimum atomic E-state index is 0.303. The third-order valence-corrected chi connectivity index (χ3v) is 5.54. The number of hydrogen-bond acceptors (Lipinski definition) is 4. The molecule has 1 aliphatic heterocycles. The van der Waals surface area contributed by atoms with E-state index in [-0.39, 0.29) is 0 Å². The summed E-state index contributed by atoms with van der Waals surface area (Å²) in [5, 5.41) is 7.86. The second-order valence-corrected chi connectivity index (χ2v) is 7.71. The summed E-state index contributed by atoms with van der Waals surface area (Å²) in [4.78, 5) is 7.23. The molecule has 1 atom stereocenters. The predicted octanol–water partition coefficient (Wildman–Crippen LogP) is 3.02. The number of morpholine rings is 1. The van der Waals surface area contributed by atoms with Crippen LogP contribution in [-0.4, -0.2) is 69.6 Å². The van der Waals surface area contributed by atoms with Crippen molar-refractivity contribution < 1.29 is 4.74 Å². The lowest BCUT2D eigenvalue weighted by Gasteiger charge is -2.26. The lowest BCUT2D eigenvalue weighted by molar-refractivity contribution is 0.0376. The molecule has 1 unspecified atom stereocenters. The highest BCUT2D eigenvalue weighted by Gasteiger charge is 2.11. The first kappa shape index (κ1) is 21.4. The van der Waals surface area contributed by atoms with Crippen LogP contribution in [0.3, 0.4) is 0 Å². The van der Waals surface area contributed by atoms with E-state index in [0.717, 1.165) is 69.9 Å². The van der Waals surface area contributed by atoms with Gasteiger partial charge in [0.15, 0.2) is 5.96 Å². The van der Waals surface area contributed by atoms with E-state index in [4.69, 9.17) is 21.3 Å². The van der Waals surface area contributed by atoms with Gasteiger partial charge in [0.1, 0.15) is 0 Å². The van der Waals surface area contributed by atoms with Crippen molar-refractivity contribution in [1.29, 1.82) is 0 Å². The average molecular weight is 399 g/mol. The Morgan fingerprint density at radius 3 is 2.85 bits per heavy atom. The molecular formula is C19H31ClN4OS. The average Bonchev–Trinajstić information content (AvgIpc) is 2.66. The molecule has 2 N–H and O–H groups in total. The predicted molar refractivity (Wildman–Crippen MR) is 114 cm³/mol. The lowest BCUT2D eigenvalue weighted by Crippen LogP contribution is -2.40. The van der Waals surface area contributed by atoms with E-state index in [0.29, 0.717) is 5.25 Å². The number of aliphatic imine (C=N–C) groups is 1. The van der Waals surface area contributed by atoms with Crippen LogP contribution < -0.4 is 10.6 Å². The smallest absolute Gasteiger partial charge is 0.191 e. The quantitative estimate of drug-likeness (QED) is 0.380. The van der Waals surface area contributed by atoms with Gasteiger partial charge in [-0.05, 0) is 43.8 Å². The first-order valence-electron chi connectivity index (χ1n) is 9.33. The Balaban J connectivity index is 1.80. The maximum Gasteiger partial charge on any atom is 0.191 e. The van der Waals surface area contributed by atoms with Crippen LogP contribution in [0.1, 0.15) is 24.2 Å². The number of nitrogens with one attached hydrogen (secondary N) is 2. The van der Waals surface area contributed by atoms with E-state index in [9.17, 15) is 0 Å². The van der Waals surface area contributed by atoms with Gasteiger partial charge in [-0.2, -0.15) is 11.8 Å². The minimum Gasteiger partial charge on any atom is -0.379 e. The van der Waals surface area contributed by atoms with Crippen molar-refractivity contribution in [2.24, 2.45) is 4.99 Å². The molecule has 1 saturated heterocycles. The first-order chi connectivity index (χ1) is 12.7. The Kier molecular flexibility index (Phi) is 10.2. The van der Waals surface area contributed by atoms with Gasteiger partial charge in [-0.1, -0.05) is 23.7 Å². The van der Waals surface area contributed by atoms with Crippen LogP contribution in [0.4, 0.5) is 0 Å². The van der Waals surface area contributed by atoms with Crippen LogP contribution in [0, 0.1) is 0 Å². The van der Waals surface area contributed by atoms with Gasteiger partial charge in [0.05, 0.1) is 19.8 Å². The lowest BCUT2D eigenvalue weighted by atomic mass is 10.1. The SMILES string of the molecule is CCNC(=NCC(SC)c1cccc(Cl)c1)NCCCN1CCOCC1. The Bertz CT molecular complexity index is 552. The fraction of sp³-hybridized carbons (Fsp3) is 0.632. The zero-order chi connectivity index (χ0) is 18.6. The van der Waals surface area contributed by atoms with Crippen molar-refractivity contribution in [3.8, 4) is 0 Å². The van der Waals surface area contributed by atoms with Crippen LogP contribution in [0.5, 0.6) is 0 Å². The molecule has 7 heteroatoms. The molecule has 0 aromatic heterocycles. The summed E-state index contributed by atoms with van der Waals surface area (Å²) in [5.41, 5.74) is 1.22. The van der Waals surface area contributed by atoms with Crippen LogP contribution >= 0.6 is 23.4 Å². The standard InChI is InChI=1S/C19H31ClN4OS/c1-3-21-19(22-8-5-9-24-10-12-25-13-11-24)23-15-18(26-2)16-6-4-7-17(20)14-16/h4,6-7,14,18H,3,5,8-13,15H2,1-2H3,(H2,21,22,23). The molecule has 146 valence electrons. The molecule has 0 amide bonds. The van der Waals surface area contributed by atoms with Gasteiger partial charge < -0.3 is 15.4 Å². The zero-order valence-corrected chi connectivity index (χ0v) is 17.4. The maximum absolute atomic E-state index is 6.13. The highest BCUT2D eigenvalue weighted by atomic mass is 35.5. The van der Waals surface area contributed by atoms with Gasteiger partial charge in [-0.3, -0.25) is 9.89 Å². The van der Waals surface area contributed by atoms with Crippen molar-refractivity contribution >= 4 is 29.3 Å². The molecule has 1 fully saturated rings. The number of ether oxygens (including phenoxy) is 1. The second kappa shape index (κ2) is 12.4. The Morgan fingerprint density at radius 2 is 2.15 bits per heavy atom. The largest absolute Gasteiger partial charge is 0.379 e. The molecule has 0 aliphatic carbocycles. The number of benzene rings is 1. The van der Waals surface area contributed by atoms with E-state index >= 15 is 0 Å². The molecule has 2 rings (SSSR count). The molecular weight excluding hydrogens is 368 g/mol. The van der Waals surface area contributed by atoms with E-state index < -0.39 is 0 Å². The van der Waals surface area contributed by atoms with Gasteiger partial charge in [-0.25, -0.2) is 0 Å². The van der Waals surface area contributed by atoms with Gasteiger partial charge >= 0.3 is 0 Å². The molecule has 1 heterocycles. The number of rotatable bonds is 9. The number of nitrogens with zero attached hydrogens (tertiary/aromatic N) is 2. The van der Waals surface area contributed by atoms with Crippen molar-refractivity contribution in [2.75, 3.05) is 58.7 Å². The summed E-state index contributed by atoms with van der Waals surface area (Å²) in [5.74, 6) is 0.885. The van der Waals surface area contributed by atoms with E-state index in [1.54, 1.807) is 11.8 Å². The molecule has 5 nitrogen and oxygen atoms in total. The van der Waals surface area contributed by atoms with Gasteiger partial charge in [-0.15, -0.1) is 0 Å². The van der Waals surface area contributed by atoms with Crippen molar-refractivity contribution in [3.05, 3.63) is 34.9 Å². The highest BCUT2D eigenvalue weighted by molar-refractivity contribution is 7.98. The number of hydrogen-bond donors (Lipinski definition) is 2. The van der Waals surface area contributed by atoms with Crippen molar-refractivity contribution in [1.82, 2.24) is 15.5 Å². The fourth-order valence-electron chi connectivity index (χ4n) is 2.87. The second-order valence-electron chi connectivity index (χ2n) is 6.23. The highest BCUT2D eigenvalue weighted by Crippen LogP contribution is 2.28. The first-order valence-corrected chi connectivity index (χ1v) is 11.0. The summed E-state index contributed by atoms with van der Waals surface area (Å²) >= 11 is 7.92. The fourth-order valence-corrected chi connectivity index (χ4v) is 3.71. The topological polar surface area (TPSA) is 48.9 Å². The molecule has 1 aliphatic rings. The summed E-state index contributed by atoms with van der Waals surface area (Å²) in [7, 11) is 0. The summed E-state index contributed by atoms with van der Waals surface area (Å²) in [6.07, 6.45) is 3.22. The van der Waals surface area contributed by atoms with Crippen LogP contribution in [0.15, 0.2) is 29.3 Å². The minimum absolute atomic E-state index is 0.303. The number of thioether (sulfide) groups is 1. The molecule has 26 heavy (non-hydrogen) atoms. The van der Waals surface area contributed by atoms with E-state index in [1.807, 2.05) is 18.2 Å². The van der Waals surface area contributed by atoms with Crippen LogP contribution in [-0.2, 0) is 4.74 Å². The Morgan fingerprint density at radius 1 is 1.35 bits per heavy atom. The zero-order valence-electron chi connectivity index (χ0n) is 15.8. The third-order valence-electron chi connectivity index (χ3n) is 4.31. The summed E-state index contributed by atoms with van der Waals surface area (Å²) < 4.78 is 5.39. The maximum atomic E-state index is 6.13. The normalized spacial score (nSPS) is 17.1. The molecule has 0 bridgehead atoms. The van der Waals surface area contributed by atoms with Gasteiger partial charge in [0, 0.05) is 36.5 Å². The third kappa shape index (κ3) is 7.74. The van der Waals surface area contributed by atoms with Crippen LogP contribution in [0.2, 0.25) is 5.02 Å². The molecule has 0 saturated carbocycles.